The zero-order valence-electron chi connectivity index (χ0n) is 10.0. The summed E-state index contributed by atoms with van der Waals surface area (Å²) in [5, 5.41) is 7.85. The van der Waals surface area contributed by atoms with E-state index < -0.39 is 0 Å². The predicted molar refractivity (Wildman–Crippen MR) is 70.6 cm³/mol. The van der Waals surface area contributed by atoms with Crippen LogP contribution >= 0.6 is 11.6 Å². The Morgan fingerprint density at radius 1 is 1.21 bits per heavy atom. The van der Waals surface area contributed by atoms with Crippen molar-refractivity contribution in [2.45, 2.75) is 12.4 Å². The van der Waals surface area contributed by atoms with E-state index in [1.54, 1.807) is 17.1 Å². The van der Waals surface area contributed by atoms with Crippen LogP contribution in [0, 0.1) is 0 Å². The van der Waals surface area contributed by atoms with E-state index >= 15 is 0 Å². The van der Waals surface area contributed by atoms with Gasteiger partial charge in [-0.15, -0.1) is 16.7 Å². The van der Waals surface area contributed by atoms with E-state index in [-0.39, 0.29) is 0 Å². The van der Waals surface area contributed by atoms with Crippen molar-refractivity contribution in [3.8, 4) is 11.3 Å². The number of nitrogens with zero attached hydrogens (tertiary/aromatic N) is 4. The van der Waals surface area contributed by atoms with Gasteiger partial charge in [-0.1, -0.05) is 35.5 Å². The van der Waals surface area contributed by atoms with Crippen molar-refractivity contribution in [3.05, 3.63) is 54.3 Å². The van der Waals surface area contributed by atoms with Gasteiger partial charge in [-0.3, -0.25) is 0 Å². The van der Waals surface area contributed by atoms with Crippen molar-refractivity contribution in [2.24, 2.45) is 0 Å². The molecule has 1 aromatic carbocycles. The summed E-state index contributed by atoms with van der Waals surface area (Å²) in [6.07, 6.45) is 3.49. The highest BCUT2D eigenvalue weighted by Crippen LogP contribution is 2.19. The van der Waals surface area contributed by atoms with Gasteiger partial charge < -0.3 is 4.42 Å². The Balaban J connectivity index is 1.78. The maximum absolute atomic E-state index is 5.68. The number of alkyl halides is 1. The molecule has 0 saturated carbocycles. The van der Waals surface area contributed by atoms with Crippen LogP contribution in [0.4, 0.5) is 0 Å². The minimum Gasteiger partial charge on any atom is -0.439 e. The molecule has 0 spiro atoms. The summed E-state index contributed by atoms with van der Waals surface area (Å²) in [5.74, 6) is 1.68. The monoisotopic (exact) mass is 274 g/mol. The van der Waals surface area contributed by atoms with E-state index in [2.05, 4.69) is 15.3 Å². The number of oxazole rings is 1. The zero-order chi connectivity index (χ0) is 13.1. The maximum atomic E-state index is 5.68. The van der Waals surface area contributed by atoms with Gasteiger partial charge in [-0.25, -0.2) is 9.67 Å². The number of aromatic nitrogens is 4. The van der Waals surface area contributed by atoms with Crippen LogP contribution < -0.4 is 0 Å². The lowest BCUT2D eigenvalue weighted by molar-refractivity contribution is 0.469. The lowest BCUT2D eigenvalue weighted by Crippen LogP contribution is -2.00. The Labute approximate surface area is 114 Å². The first kappa shape index (κ1) is 11.9. The molecule has 0 unspecified atom stereocenters. The zero-order valence-corrected chi connectivity index (χ0v) is 10.8. The maximum Gasteiger partial charge on any atom is 0.216 e. The Hall–Kier alpha value is -2.14. The molecule has 0 amide bonds. The second kappa shape index (κ2) is 5.24. The van der Waals surface area contributed by atoms with Crippen LogP contribution in [0.2, 0.25) is 0 Å². The molecule has 96 valence electrons. The summed E-state index contributed by atoms with van der Waals surface area (Å²) in [6.45, 7) is 0.441. The van der Waals surface area contributed by atoms with Gasteiger partial charge in [0.15, 0.2) is 5.76 Å². The third-order valence-electron chi connectivity index (χ3n) is 2.63. The number of rotatable bonds is 4. The third-order valence-corrected chi connectivity index (χ3v) is 2.91. The molecule has 0 bridgehead atoms. The first-order chi connectivity index (χ1) is 9.35. The number of hydrogen-bond donors (Lipinski definition) is 0. The fourth-order valence-electron chi connectivity index (χ4n) is 1.73. The molecule has 0 N–H and O–H groups in total. The molecule has 2 heterocycles. The number of benzene rings is 1. The molecule has 3 rings (SSSR count). The average Bonchev–Trinajstić information content (AvgIpc) is 3.09. The molecule has 0 aliphatic carbocycles. The lowest BCUT2D eigenvalue weighted by Gasteiger charge is -1.96. The minimum absolute atomic E-state index is 0.348. The highest BCUT2D eigenvalue weighted by atomic mass is 35.5. The van der Waals surface area contributed by atoms with Crippen LogP contribution in [0.15, 0.2) is 47.1 Å². The van der Waals surface area contributed by atoms with Gasteiger partial charge in [0, 0.05) is 5.56 Å². The van der Waals surface area contributed by atoms with E-state index in [0.29, 0.717) is 18.3 Å². The average molecular weight is 275 g/mol. The van der Waals surface area contributed by atoms with Gasteiger partial charge in [-0.05, 0) is 0 Å². The highest BCUT2D eigenvalue weighted by molar-refractivity contribution is 6.16. The standard InChI is InChI=1S/C13H11ClN4O/c14-6-11-8-18(17-16-11)9-13-15-7-12(19-13)10-4-2-1-3-5-10/h1-5,7-8H,6,9H2. The second-order valence-electron chi connectivity index (χ2n) is 4.03. The molecule has 5 nitrogen and oxygen atoms in total. The number of halogens is 1. The van der Waals surface area contributed by atoms with E-state index in [0.717, 1.165) is 17.0 Å². The van der Waals surface area contributed by atoms with Gasteiger partial charge in [0.2, 0.25) is 5.89 Å². The third kappa shape index (κ3) is 2.66. The van der Waals surface area contributed by atoms with Crippen LogP contribution in [0.3, 0.4) is 0 Å². The minimum atomic E-state index is 0.348. The summed E-state index contributed by atoms with van der Waals surface area (Å²) in [7, 11) is 0. The van der Waals surface area contributed by atoms with Gasteiger partial charge in [0.1, 0.15) is 6.54 Å². The molecule has 3 aromatic rings. The van der Waals surface area contributed by atoms with Crippen molar-refractivity contribution in [2.75, 3.05) is 0 Å². The molecule has 6 heteroatoms. The second-order valence-corrected chi connectivity index (χ2v) is 4.29. The van der Waals surface area contributed by atoms with Gasteiger partial charge >= 0.3 is 0 Å². The van der Waals surface area contributed by atoms with Crippen LogP contribution in [0.25, 0.3) is 11.3 Å². The van der Waals surface area contributed by atoms with Gasteiger partial charge in [-0.2, -0.15) is 0 Å². The van der Waals surface area contributed by atoms with Gasteiger partial charge in [0.05, 0.1) is 24.0 Å². The van der Waals surface area contributed by atoms with E-state index in [1.807, 2.05) is 30.3 Å². The fraction of sp³-hybridized carbons (Fsp3) is 0.154. The van der Waals surface area contributed by atoms with Crippen LogP contribution in [-0.4, -0.2) is 20.0 Å². The van der Waals surface area contributed by atoms with Crippen LogP contribution in [0.1, 0.15) is 11.6 Å². The molecule has 0 atom stereocenters. The molecule has 2 aromatic heterocycles. The normalized spacial score (nSPS) is 10.8. The SMILES string of the molecule is ClCc1cn(Cc2ncc(-c3ccccc3)o2)nn1. The van der Waals surface area contributed by atoms with Crippen molar-refractivity contribution in [3.63, 3.8) is 0 Å². The van der Waals surface area contributed by atoms with Gasteiger partial charge in [0.25, 0.3) is 0 Å². The molecular formula is C13H11ClN4O. The van der Waals surface area contributed by atoms with Crippen molar-refractivity contribution >= 4 is 11.6 Å². The number of hydrogen-bond acceptors (Lipinski definition) is 4. The first-order valence-corrected chi connectivity index (χ1v) is 6.34. The molecule has 0 aliphatic rings. The molecular weight excluding hydrogens is 264 g/mol. The Kier molecular flexibility index (Phi) is 3.29. The summed E-state index contributed by atoms with van der Waals surface area (Å²) < 4.78 is 7.33. The molecule has 0 aliphatic heterocycles. The Bertz CT molecular complexity index is 662. The van der Waals surface area contributed by atoms with E-state index in [9.17, 15) is 0 Å². The molecule has 19 heavy (non-hydrogen) atoms. The summed E-state index contributed by atoms with van der Waals surface area (Å²) >= 11 is 5.67. The largest absolute Gasteiger partial charge is 0.439 e. The first-order valence-electron chi connectivity index (χ1n) is 5.80. The Morgan fingerprint density at radius 2 is 2.05 bits per heavy atom. The van der Waals surface area contributed by atoms with Crippen molar-refractivity contribution < 1.29 is 4.42 Å². The van der Waals surface area contributed by atoms with Crippen LogP contribution in [0.5, 0.6) is 0 Å². The summed E-state index contributed by atoms with van der Waals surface area (Å²) in [5.41, 5.74) is 1.73. The topological polar surface area (TPSA) is 56.7 Å². The summed E-state index contributed by atoms with van der Waals surface area (Å²) in [6, 6.07) is 9.84. The smallest absolute Gasteiger partial charge is 0.216 e. The molecule has 0 saturated heterocycles. The van der Waals surface area contributed by atoms with E-state index in [4.69, 9.17) is 16.0 Å². The van der Waals surface area contributed by atoms with Crippen LogP contribution in [-0.2, 0) is 12.4 Å². The summed E-state index contributed by atoms with van der Waals surface area (Å²) in [4.78, 5) is 4.23. The molecule has 0 fully saturated rings. The lowest BCUT2D eigenvalue weighted by atomic mass is 10.2. The predicted octanol–water partition coefficient (Wildman–Crippen LogP) is 2.72. The Morgan fingerprint density at radius 3 is 2.79 bits per heavy atom. The molecule has 0 radical (unpaired) electrons. The van der Waals surface area contributed by atoms with Crippen molar-refractivity contribution in [1.29, 1.82) is 0 Å². The fourth-order valence-corrected chi connectivity index (χ4v) is 1.86. The highest BCUT2D eigenvalue weighted by Gasteiger charge is 2.08. The van der Waals surface area contributed by atoms with Crippen molar-refractivity contribution in [1.82, 2.24) is 20.0 Å². The van der Waals surface area contributed by atoms with E-state index in [1.165, 1.54) is 0 Å². The quantitative estimate of drug-likeness (QED) is 0.687.